The number of halogens is 3. The highest BCUT2D eigenvalue weighted by molar-refractivity contribution is 8.14. The van der Waals surface area contributed by atoms with Crippen LogP contribution in [0, 0.1) is 0 Å². The lowest BCUT2D eigenvalue weighted by molar-refractivity contribution is -0.136. The zero-order valence-electron chi connectivity index (χ0n) is 13.7. The summed E-state index contributed by atoms with van der Waals surface area (Å²) < 4.78 is 39.0. The average molecular weight is 372 g/mol. The summed E-state index contributed by atoms with van der Waals surface area (Å²) in [6.45, 7) is 5.08. The van der Waals surface area contributed by atoms with E-state index in [9.17, 15) is 18.0 Å². The number of para-hydroxylation sites is 1. The Morgan fingerprint density at radius 2 is 1.92 bits per heavy atom. The van der Waals surface area contributed by atoms with Crippen molar-refractivity contribution < 1.29 is 18.0 Å². The van der Waals surface area contributed by atoms with Crippen LogP contribution in [0.1, 0.15) is 12.5 Å². The minimum Gasteiger partial charge on any atom is -0.348 e. The molecule has 1 aromatic rings. The van der Waals surface area contributed by atoms with Gasteiger partial charge in [0.1, 0.15) is 0 Å². The second-order valence-corrected chi connectivity index (χ2v) is 7.40. The monoisotopic (exact) mass is 372 g/mol. The largest absolute Gasteiger partial charge is 0.418 e. The Labute approximate surface area is 148 Å². The van der Waals surface area contributed by atoms with Crippen LogP contribution in [0.2, 0.25) is 0 Å². The van der Waals surface area contributed by atoms with Gasteiger partial charge < -0.3 is 15.1 Å². The number of carbonyl (C=O) groups excluding carboxylic acids is 1. The number of carbonyl (C=O) groups is 1. The van der Waals surface area contributed by atoms with Crippen molar-refractivity contribution in [2.24, 2.45) is 4.99 Å². The third-order valence-electron chi connectivity index (χ3n) is 4.10. The Balaban J connectivity index is 1.59. The molecule has 2 aliphatic rings. The van der Waals surface area contributed by atoms with E-state index < -0.39 is 17.8 Å². The minimum atomic E-state index is -4.50. The van der Waals surface area contributed by atoms with Gasteiger partial charge in [-0.1, -0.05) is 30.8 Å². The quantitative estimate of drug-likeness (QED) is 0.823. The molecule has 2 aliphatic heterocycles. The Bertz CT molecular complexity index is 672. The SMILES string of the molecule is C[C@H]1CN=C(N2CCN(C(=O)Nc3ccccc3C(F)(F)F)CC2)S1. The maximum atomic E-state index is 13.0. The van der Waals surface area contributed by atoms with Crippen LogP contribution in [0.15, 0.2) is 29.3 Å². The third-order valence-corrected chi connectivity index (χ3v) is 5.25. The highest BCUT2D eigenvalue weighted by atomic mass is 32.2. The van der Waals surface area contributed by atoms with Gasteiger partial charge in [0.05, 0.1) is 17.8 Å². The molecule has 0 bridgehead atoms. The smallest absolute Gasteiger partial charge is 0.348 e. The summed E-state index contributed by atoms with van der Waals surface area (Å²) in [4.78, 5) is 20.5. The third kappa shape index (κ3) is 4.20. The number of urea groups is 1. The summed E-state index contributed by atoms with van der Waals surface area (Å²) in [7, 11) is 0. The molecule has 0 aliphatic carbocycles. The summed E-state index contributed by atoms with van der Waals surface area (Å²) in [5.74, 6) is 0. The van der Waals surface area contributed by atoms with Crippen LogP contribution in [-0.4, -0.2) is 59.0 Å². The van der Waals surface area contributed by atoms with Gasteiger partial charge in [-0.2, -0.15) is 13.2 Å². The topological polar surface area (TPSA) is 47.9 Å². The molecule has 5 nitrogen and oxygen atoms in total. The zero-order chi connectivity index (χ0) is 18.0. The summed E-state index contributed by atoms with van der Waals surface area (Å²) in [6.07, 6.45) is -4.50. The van der Waals surface area contributed by atoms with E-state index in [0.29, 0.717) is 31.4 Å². The van der Waals surface area contributed by atoms with Gasteiger partial charge in [-0.3, -0.25) is 4.99 Å². The second kappa shape index (κ2) is 7.15. The number of rotatable bonds is 1. The molecule has 0 aromatic heterocycles. The van der Waals surface area contributed by atoms with E-state index in [1.165, 1.54) is 23.1 Å². The fourth-order valence-electron chi connectivity index (χ4n) is 2.77. The van der Waals surface area contributed by atoms with Crippen molar-refractivity contribution in [1.29, 1.82) is 0 Å². The number of piperazine rings is 1. The lowest BCUT2D eigenvalue weighted by Gasteiger charge is -2.35. The lowest BCUT2D eigenvalue weighted by atomic mass is 10.1. The fourth-order valence-corrected chi connectivity index (χ4v) is 3.76. The van der Waals surface area contributed by atoms with Gasteiger partial charge >= 0.3 is 12.2 Å². The van der Waals surface area contributed by atoms with Crippen molar-refractivity contribution >= 4 is 28.6 Å². The van der Waals surface area contributed by atoms with Crippen molar-refractivity contribution in [2.45, 2.75) is 18.3 Å². The molecule has 136 valence electrons. The number of benzene rings is 1. The zero-order valence-corrected chi connectivity index (χ0v) is 14.5. The molecule has 0 saturated carbocycles. The van der Waals surface area contributed by atoms with Crippen LogP contribution in [0.3, 0.4) is 0 Å². The highest BCUT2D eigenvalue weighted by Crippen LogP contribution is 2.34. The molecule has 1 aromatic carbocycles. The Hall–Kier alpha value is -1.90. The molecule has 25 heavy (non-hydrogen) atoms. The van der Waals surface area contributed by atoms with Gasteiger partial charge in [0.15, 0.2) is 5.17 Å². The summed E-state index contributed by atoms with van der Waals surface area (Å²) in [6, 6.07) is 4.50. The first-order chi connectivity index (χ1) is 11.8. The first-order valence-corrected chi connectivity index (χ1v) is 8.91. The Morgan fingerprint density at radius 1 is 1.24 bits per heavy atom. The van der Waals surface area contributed by atoms with Crippen molar-refractivity contribution in [3.05, 3.63) is 29.8 Å². The number of amides is 2. The number of alkyl halides is 3. The molecule has 9 heteroatoms. The maximum absolute atomic E-state index is 13.0. The van der Waals surface area contributed by atoms with Crippen LogP contribution in [0.25, 0.3) is 0 Å². The molecule has 2 amide bonds. The van der Waals surface area contributed by atoms with E-state index >= 15 is 0 Å². The maximum Gasteiger partial charge on any atom is 0.418 e. The van der Waals surface area contributed by atoms with Gasteiger partial charge in [-0.25, -0.2) is 4.79 Å². The van der Waals surface area contributed by atoms with E-state index in [2.05, 4.69) is 22.1 Å². The molecular weight excluding hydrogens is 353 g/mol. The molecule has 1 saturated heterocycles. The van der Waals surface area contributed by atoms with E-state index in [-0.39, 0.29) is 5.69 Å². The molecule has 3 rings (SSSR count). The predicted octanol–water partition coefficient (Wildman–Crippen LogP) is 3.35. The van der Waals surface area contributed by atoms with Crippen LogP contribution in [0.4, 0.5) is 23.7 Å². The number of thioether (sulfide) groups is 1. The van der Waals surface area contributed by atoms with E-state index in [4.69, 9.17) is 0 Å². The van der Waals surface area contributed by atoms with E-state index in [0.717, 1.165) is 17.8 Å². The molecule has 2 heterocycles. The number of anilines is 1. The number of aliphatic imine (C=N–C) groups is 1. The molecule has 1 N–H and O–H groups in total. The van der Waals surface area contributed by atoms with Gasteiger partial charge in [0.2, 0.25) is 0 Å². The van der Waals surface area contributed by atoms with E-state index in [1.54, 1.807) is 11.8 Å². The van der Waals surface area contributed by atoms with Crippen molar-refractivity contribution in [1.82, 2.24) is 9.80 Å². The predicted molar refractivity (Wildman–Crippen MR) is 93.0 cm³/mol. The molecule has 0 unspecified atom stereocenters. The fraction of sp³-hybridized carbons (Fsp3) is 0.500. The van der Waals surface area contributed by atoms with Gasteiger partial charge in [0, 0.05) is 31.4 Å². The summed E-state index contributed by atoms with van der Waals surface area (Å²) in [5.41, 5.74) is -1.06. The van der Waals surface area contributed by atoms with Crippen LogP contribution < -0.4 is 5.32 Å². The Morgan fingerprint density at radius 3 is 2.52 bits per heavy atom. The molecule has 1 fully saturated rings. The van der Waals surface area contributed by atoms with Crippen LogP contribution in [-0.2, 0) is 6.18 Å². The Kier molecular flexibility index (Phi) is 5.12. The van der Waals surface area contributed by atoms with Crippen LogP contribution in [0.5, 0.6) is 0 Å². The van der Waals surface area contributed by atoms with Gasteiger partial charge in [0.25, 0.3) is 0 Å². The van der Waals surface area contributed by atoms with Gasteiger partial charge in [-0.05, 0) is 12.1 Å². The molecule has 1 atom stereocenters. The van der Waals surface area contributed by atoms with Crippen LogP contribution >= 0.6 is 11.8 Å². The van der Waals surface area contributed by atoms with E-state index in [1.807, 2.05) is 0 Å². The van der Waals surface area contributed by atoms with Crippen molar-refractivity contribution in [2.75, 3.05) is 38.0 Å². The minimum absolute atomic E-state index is 0.216. The average Bonchev–Trinajstić information content (AvgIpc) is 3.01. The number of nitrogens with one attached hydrogen (secondary N) is 1. The highest BCUT2D eigenvalue weighted by Gasteiger charge is 2.34. The number of hydrogen-bond acceptors (Lipinski definition) is 4. The molecular formula is C16H19F3N4OS. The van der Waals surface area contributed by atoms with Crippen molar-refractivity contribution in [3.8, 4) is 0 Å². The number of amidine groups is 1. The van der Waals surface area contributed by atoms with Gasteiger partial charge in [-0.15, -0.1) is 0 Å². The summed E-state index contributed by atoms with van der Waals surface area (Å²) >= 11 is 1.72. The normalized spacial score (nSPS) is 21.3. The van der Waals surface area contributed by atoms with Crippen molar-refractivity contribution in [3.63, 3.8) is 0 Å². The molecule has 0 radical (unpaired) electrons. The number of hydrogen-bond donors (Lipinski definition) is 1. The first-order valence-electron chi connectivity index (χ1n) is 8.03. The second-order valence-electron chi connectivity index (χ2n) is 6.00. The first kappa shape index (κ1) is 17.9. The standard InChI is InChI=1S/C16H19F3N4OS/c1-11-10-20-15(25-11)23-8-6-22(7-9-23)14(24)21-13-5-3-2-4-12(13)16(17,18)19/h2-5,11H,6-10H2,1H3,(H,21,24)/t11-/m0/s1. The lowest BCUT2D eigenvalue weighted by Crippen LogP contribution is -2.51. The number of nitrogens with zero attached hydrogens (tertiary/aromatic N) is 3. The summed E-state index contributed by atoms with van der Waals surface area (Å²) in [5, 5.41) is 3.85. The molecule has 0 spiro atoms.